The van der Waals surface area contributed by atoms with E-state index in [4.69, 9.17) is 4.74 Å². The van der Waals surface area contributed by atoms with Gasteiger partial charge in [-0.1, -0.05) is 18.6 Å². The van der Waals surface area contributed by atoms with Gasteiger partial charge in [-0.3, -0.25) is 4.68 Å². The molecule has 0 radical (unpaired) electrons. The van der Waals surface area contributed by atoms with Gasteiger partial charge < -0.3 is 15.4 Å². The molecule has 8 nitrogen and oxygen atoms in total. The average molecular weight is 435 g/mol. The Kier molecular flexibility index (Phi) is 6.12. The number of rotatable bonds is 4. The first-order valence-corrected chi connectivity index (χ1v) is 11.0. The number of nitrogens with one attached hydrogen (secondary N) is 2. The van der Waals surface area contributed by atoms with Gasteiger partial charge in [0.2, 0.25) is 5.95 Å². The van der Waals surface area contributed by atoms with Crippen molar-refractivity contribution in [2.24, 2.45) is 7.05 Å². The molecule has 0 spiro atoms. The first-order valence-electron chi connectivity index (χ1n) is 11.0. The quantitative estimate of drug-likeness (QED) is 0.567. The Labute approximate surface area is 188 Å². The van der Waals surface area contributed by atoms with Gasteiger partial charge in [-0.2, -0.15) is 5.10 Å². The Bertz CT molecular complexity index is 1100. The molecule has 2 aromatic heterocycles. The maximum absolute atomic E-state index is 12.4. The fraction of sp³-hybridized carbons (Fsp3) is 0.417. The van der Waals surface area contributed by atoms with E-state index in [-0.39, 0.29) is 12.1 Å². The molecule has 8 heteroatoms. The zero-order valence-corrected chi connectivity index (χ0v) is 19.1. The van der Waals surface area contributed by atoms with E-state index in [1.807, 2.05) is 40.1 Å². The molecule has 168 valence electrons. The van der Waals surface area contributed by atoms with Crippen LogP contribution in [0.25, 0.3) is 11.3 Å². The topological polar surface area (TPSA) is 94.0 Å². The molecular formula is C24H30N6O2. The van der Waals surface area contributed by atoms with Crippen LogP contribution in [0.4, 0.5) is 16.4 Å². The van der Waals surface area contributed by atoms with Crippen LogP contribution in [0.5, 0.6) is 0 Å². The lowest BCUT2D eigenvalue weighted by Gasteiger charge is -2.24. The van der Waals surface area contributed by atoms with Crippen molar-refractivity contribution in [3.8, 4) is 11.3 Å². The van der Waals surface area contributed by atoms with Crippen molar-refractivity contribution < 1.29 is 9.53 Å². The number of aryl methyl sites for hydroxylation is 2. The first kappa shape index (κ1) is 21.8. The summed E-state index contributed by atoms with van der Waals surface area (Å²) in [7, 11) is 1.86. The van der Waals surface area contributed by atoms with Gasteiger partial charge in [0, 0.05) is 25.0 Å². The smallest absolute Gasteiger partial charge is 0.408 e. The summed E-state index contributed by atoms with van der Waals surface area (Å²) in [5.41, 5.74) is 4.58. The molecule has 1 aromatic carbocycles. The summed E-state index contributed by atoms with van der Waals surface area (Å²) >= 11 is 0. The fourth-order valence-electron chi connectivity index (χ4n) is 3.94. The minimum atomic E-state index is -0.518. The van der Waals surface area contributed by atoms with E-state index in [9.17, 15) is 4.79 Å². The van der Waals surface area contributed by atoms with Crippen molar-refractivity contribution in [1.82, 2.24) is 25.1 Å². The number of hydrogen-bond donors (Lipinski definition) is 2. The summed E-state index contributed by atoms with van der Waals surface area (Å²) in [5.74, 6) is 0.523. The van der Waals surface area contributed by atoms with Crippen LogP contribution in [0.1, 0.15) is 57.2 Å². The fourth-order valence-corrected chi connectivity index (χ4v) is 3.94. The largest absolute Gasteiger partial charge is 0.444 e. The van der Waals surface area contributed by atoms with Crippen molar-refractivity contribution in [2.75, 3.05) is 5.32 Å². The van der Waals surface area contributed by atoms with E-state index in [2.05, 4.69) is 43.9 Å². The third-order valence-electron chi connectivity index (χ3n) is 5.31. The van der Waals surface area contributed by atoms with E-state index in [0.717, 1.165) is 48.2 Å². The highest BCUT2D eigenvalue weighted by atomic mass is 16.6. The van der Waals surface area contributed by atoms with Crippen molar-refractivity contribution in [1.29, 1.82) is 0 Å². The zero-order chi connectivity index (χ0) is 22.7. The summed E-state index contributed by atoms with van der Waals surface area (Å²) in [5, 5.41) is 10.4. The van der Waals surface area contributed by atoms with E-state index < -0.39 is 5.60 Å². The number of benzene rings is 1. The van der Waals surface area contributed by atoms with Crippen molar-refractivity contribution >= 4 is 17.7 Å². The number of aromatic nitrogens is 4. The van der Waals surface area contributed by atoms with Gasteiger partial charge in [0.05, 0.1) is 23.6 Å². The van der Waals surface area contributed by atoms with Gasteiger partial charge in [-0.25, -0.2) is 14.8 Å². The number of hydrogen-bond acceptors (Lipinski definition) is 6. The number of anilines is 2. The highest BCUT2D eigenvalue weighted by Crippen LogP contribution is 2.32. The Morgan fingerprint density at radius 1 is 1.22 bits per heavy atom. The van der Waals surface area contributed by atoms with Gasteiger partial charge >= 0.3 is 6.09 Å². The lowest BCUT2D eigenvalue weighted by Crippen LogP contribution is -2.35. The monoisotopic (exact) mass is 434 g/mol. The van der Waals surface area contributed by atoms with Crippen LogP contribution in [0.15, 0.2) is 42.9 Å². The van der Waals surface area contributed by atoms with Gasteiger partial charge in [0.1, 0.15) is 5.60 Å². The third-order valence-corrected chi connectivity index (χ3v) is 5.31. The second-order valence-electron chi connectivity index (χ2n) is 9.15. The average Bonchev–Trinajstić information content (AvgIpc) is 3.02. The Morgan fingerprint density at radius 2 is 2.06 bits per heavy atom. The van der Waals surface area contributed by atoms with Gasteiger partial charge in [-0.05, 0) is 63.3 Å². The lowest BCUT2D eigenvalue weighted by molar-refractivity contribution is 0.0501. The van der Waals surface area contributed by atoms with Crippen molar-refractivity contribution in [3.63, 3.8) is 0 Å². The normalized spacial score (nSPS) is 16.1. The van der Waals surface area contributed by atoms with E-state index in [1.54, 1.807) is 17.1 Å². The Balaban J connectivity index is 1.56. The summed E-state index contributed by atoms with van der Waals surface area (Å²) in [6.07, 6.45) is 8.99. The SMILES string of the molecule is Cn1cc(Nc2nccc(-c3ccc4c(c3)CCCCC4NC(=O)OC(C)(C)C)n2)cn1. The molecule has 1 unspecified atom stereocenters. The molecule has 0 aliphatic heterocycles. The third kappa shape index (κ3) is 5.43. The van der Waals surface area contributed by atoms with Crippen LogP contribution in [0, 0.1) is 0 Å². The lowest BCUT2D eigenvalue weighted by atomic mass is 9.96. The van der Waals surface area contributed by atoms with Crippen LogP contribution in [0.2, 0.25) is 0 Å². The number of carbonyl (C=O) groups is 1. The number of carbonyl (C=O) groups excluding carboxylic acids is 1. The maximum Gasteiger partial charge on any atom is 0.408 e. The first-order chi connectivity index (χ1) is 15.3. The number of alkyl carbamates (subject to hydrolysis) is 1. The predicted octanol–water partition coefficient (Wildman–Crippen LogP) is 4.91. The highest BCUT2D eigenvalue weighted by Gasteiger charge is 2.24. The molecule has 1 aliphatic rings. The van der Waals surface area contributed by atoms with Gasteiger partial charge in [0.15, 0.2) is 0 Å². The van der Waals surface area contributed by atoms with Crippen LogP contribution < -0.4 is 10.6 Å². The van der Waals surface area contributed by atoms with Crippen LogP contribution in [-0.4, -0.2) is 31.4 Å². The van der Waals surface area contributed by atoms with Gasteiger partial charge in [-0.15, -0.1) is 0 Å². The second kappa shape index (κ2) is 8.98. The number of amides is 1. The summed E-state index contributed by atoms with van der Waals surface area (Å²) < 4.78 is 7.20. The second-order valence-corrected chi connectivity index (χ2v) is 9.15. The minimum Gasteiger partial charge on any atom is -0.444 e. The molecule has 0 saturated carbocycles. The molecule has 0 fully saturated rings. The summed E-state index contributed by atoms with van der Waals surface area (Å²) in [6, 6.07) is 8.20. The predicted molar refractivity (Wildman–Crippen MR) is 124 cm³/mol. The van der Waals surface area contributed by atoms with Crippen LogP contribution in [0.3, 0.4) is 0 Å². The Morgan fingerprint density at radius 3 is 2.81 bits per heavy atom. The summed E-state index contributed by atoms with van der Waals surface area (Å²) in [4.78, 5) is 21.4. The van der Waals surface area contributed by atoms with E-state index >= 15 is 0 Å². The number of ether oxygens (including phenoxy) is 1. The molecule has 2 N–H and O–H groups in total. The molecule has 1 amide bonds. The van der Waals surface area contributed by atoms with Crippen molar-refractivity contribution in [3.05, 3.63) is 54.0 Å². The molecule has 2 heterocycles. The Hall–Kier alpha value is -3.42. The molecule has 1 aliphatic carbocycles. The standard InChI is InChI=1S/C24H30N6O2/c1-24(2,3)32-23(31)29-21-8-6-5-7-16-13-17(9-10-19(16)21)20-11-12-25-22(28-20)27-18-14-26-30(4)15-18/h9-15,21H,5-8H2,1-4H3,(H,29,31)(H,25,27,28). The molecule has 3 aromatic rings. The molecule has 4 rings (SSSR count). The molecule has 0 bridgehead atoms. The molecule has 32 heavy (non-hydrogen) atoms. The van der Waals surface area contributed by atoms with Crippen molar-refractivity contribution in [2.45, 2.75) is 58.1 Å². The maximum atomic E-state index is 12.4. The molecule has 1 atom stereocenters. The van der Waals surface area contributed by atoms with Crippen LogP contribution >= 0.6 is 0 Å². The van der Waals surface area contributed by atoms with E-state index in [1.165, 1.54) is 5.56 Å². The molecular weight excluding hydrogens is 404 g/mol. The van der Waals surface area contributed by atoms with Crippen LogP contribution in [-0.2, 0) is 18.2 Å². The minimum absolute atomic E-state index is 0.0513. The number of nitrogens with zero attached hydrogens (tertiary/aromatic N) is 4. The molecule has 0 saturated heterocycles. The summed E-state index contributed by atoms with van der Waals surface area (Å²) in [6.45, 7) is 5.62. The van der Waals surface area contributed by atoms with Gasteiger partial charge in [0.25, 0.3) is 0 Å². The van der Waals surface area contributed by atoms with E-state index in [0.29, 0.717) is 5.95 Å². The highest BCUT2D eigenvalue weighted by molar-refractivity contribution is 5.69. The zero-order valence-electron chi connectivity index (χ0n) is 19.1. The number of fused-ring (bicyclic) bond motifs is 1.